The fourth-order valence-electron chi connectivity index (χ4n) is 2.41. The zero-order valence-electron chi connectivity index (χ0n) is 10.7. The summed E-state index contributed by atoms with van der Waals surface area (Å²) in [4.78, 5) is 11.6. The third kappa shape index (κ3) is 4.52. The second kappa shape index (κ2) is 6.89. The fourth-order valence-corrected chi connectivity index (χ4v) is 2.41. The van der Waals surface area contributed by atoms with Gasteiger partial charge >= 0.3 is 0 Å². The average molecular weight is 226 g/mol. The Morgan fingerprint density at radius 1 is 1.25 bits per heavy atom. The van der Waals surface area contributed by atoms with Gasteiger partial charge in [0.2, 0.25) is 5.91 Å². The van der Waals surface area contributed by atoms with Gasteiger partial charge in [0, 0.05) is 12.5 Å². The van der Waals surface area contributed by atoms with E-state index in [1.807, 2.05) is 0 Å². The van der Waals surface area contributed by atoms with Crippen LogP contribution >= 0.6 is 0 Å². The molecular formula is C13H26N2O. The Bertz CT molecular complexity index is 218. The van der Waals surface area contributed by atoms with E-state index >= 15 is 0 Å². The molecule has 0 aromatic rings. The van der Waals surface area contributed by atoms with Crippen LogP contribution in [-0.4, -0.2) is 18.5 Å². The summed E-state index contributed by atoms with van der Waals surface area (Å²) in [6.07, 6.45) is 6.04. The van der Waals surface area contributed by atoms with Gasteiger partial charge in [0.25, 0.3) is 0 Å². The van der Waals surface area contributed by atoms with Gasteiger partial charge < -0.3 is 11.1 Å². The molecular weight excluding hydrogens is 200 g/mol. The van der Waals surface area contributed by atoms with E-state index in [2.05, 4.69) is 19.2 Å². The predicted molar refractivity (Wildman–Crippen MR) is 67.0 cm³/mol. The van der Waals surface area contributed by atoms with Crippen LogP contribution in [0.2, 0.25) is 0 Å². The maximum Gasteiger partial charge on any atom is 0.220 e. The van der Waals surface area contributed by atoms with Gasteiger partial charge in [0.15, 0.2) is 0 Å². The van der Waals surface area contributed by atoms with Gasteiger partial charge in [-0.1, -0.05) is 13.8 Å². The van der Waals surface area contributed by atoms with Crippen LogP contribution in [0.5, 0.6) is 0 Å². The first-order valence-corrected chi connectivity index (χ1v) is 6.63. The molecule has 3 heteroatoms. The van der Waals surface area contributed by atoms with E-state index in [-0.39, 0.29) is 5.91 Å². The summed E-state index contributed by atoms with van der Waals surface area (Å²) in [5.41, 5.74) is 5.40. The largest absolute Gasteiger partial charge is 0.353 e. The van der Waals surface area contributed by atoms with Crippen LogP contribution in [0.25, 0.3) is 0 Å². The van der Waals surface area contributed by atoms with Crippen molar-refractivity contribution >= 4 is 5.91 Å². The van der Waals surface area contributed by atoms with Crippen molar-refractivity contribution in [3.63, 3.8) is 0 Å². The molecule has 0 bridgehead atoms. The standard InChI is InChI=1S/C13H26N2O/c1-10-6-7-12(9-11(10)2)15-13(16)5-3-4-8-14/h10-12H,3-9,14H2,1-2H3,(H,15,16). The number of carbonyl (C=O) groups excluding carboxylic acids is 1. The highest BCUT2D eigenvalue weighted by Crippen LogP contribution is 2.29. The number of hydrogen-bond acceptors (Lipinski definition) is 2. The zero-order valence-corrected chi connectivity index (χ0v) is 10.7. The van der Waals surface area contributed by atoms with Gasteiger partial charge in [-0.15, -0.1) is 0 Å². The van der Waals surface area contributed by atoms with Gasteiger partial charge in [0.05, 0.1) is 0 Å². The zero-order chi connectivity index (χ0) is 12.0. The predicted octanol–water partition coefficient (Wildman–Crippen LogP) is 2.06. The molecule has 94 valence electrons. The van der Waals surface area contributed by atoms with E-state index in [9.17, 15) is 4.79 Å². The van der Waals surface area contributed by atoms with Crippen LogP contribution in [0.3, 0.4) is 0 Å². The van der Waals surface area contributed by atoms with Crippen molar-refractivity contribution in [2.75, 3.05) is 6.54 Å². The second-order valence-electron chi connectivity index (χ2n) is 5.28. The lowest BCUT2D eigenvalue weighted by atomic mass is 9.79. The third-order valence-corrected chi connectivity index (χ3v) is 3.82. The van der Waals surface area contributed by atoms with Crippen molar-refractivity contribution in [3.05, 3.63) is 0 Å². The quantitative estimate of drug-likeness (QED) is 0.705. The molecule has 3 N–H and O–H groups in total. The minimum Gasteiger partial charge on any atom is -0.353 e. The van der Waals surface area contributed by atoms with Crippen LogP contribution in [0.1, 0.15) is 52.4 Å². The molecule has 0 aliphatic heterocycles. The van der Waals surface area contributed by atoms with Gasteiger partial charge in [-0.05, 0) is 50.5 Å². The van der Waals surface area contributed by atoms with Gasteiger partial charge in [-0.3, -0.25) is 4.79 Å². The summed E-state index contributed by atoms with van der Waals surface area (Å²) in [7, 11) is 0. The first-order valence-electron chi connectivity index (χ1n) is 6.63. The molecule has 0 heterocycles. The summed E-state index contributed by atoms with van der Waals surface area (Å²) in [6, 6.07) is 0.413. The van der Waals surface area contributed by atoms with E-state index in [1.165, 1.54) is 6.42 Å². The Hall–Kier alpha value is -0.570. The van der Waals surface area contributed by atoms with Crippen LogP contribution in [-0.2, 0) is 4.79 Å². The van der Waals surface area contributed by atoms with Crippen LogP contribution in [0, 0.1) is 11.8 Å². The highest BCUT2D eigenvalue weighted by Gasteiger charge is 2.25. The number of hydrogen-bond donors (Lipinski definition) is 2. The highest BCUT2D eigenvalue weighted by molar-refractivity contribution is 5.76. The Labute approximate surface area is 99.2 Å². The van der Waals surface area contributed by atoms with E-state index < -0.39 is 0 Å². The van der Waals surface area contributed by atoms with Crippen molar-refractivity contribution < 1.29 is 4.79 Å². The summed E-state index contributed by atoms with van der Waals surface area (Å²) in [5, 5.41) is 3.15. The third-order valence-electron chi connectivity index (χ3n) is 3.82. The molecule has 0 spiro atoms. The van der Waals surface area contributed by atoms with Crippen molar-refractivity contribution in [2.45, 2.75) is 58.4 Å². The number of nitrogens with two attached hydrogens (primary N) is 1. The first-order chi connectivity index (χ1) is 7.63. The van der Waals surface area contributed by atoms with E-state index in [1.54, 1.807) is 0 Å². The van der Waals surface area contributed by atoms with E-state index in [0.717, 1.165) is 37.5 Å². The maximum atomic E-state index is 11.6. The maximum absolute atomic E-state index is 11.6. The molecule has 1 rings (SSSR count). The molecule has 3 nitrogen and oxygen atoms in total. The lowest BCUT2D eigenvalue weighted by molar-refractivity contribution is -0.122. The molecule has 1 fully saturated rings. The van der Waals surface area contributed by atoms with Crippen LogP contribution < -0.4 is 11.1 Å². The smallest absolute Gasteiger partial charge is 0.220 e. The topological polar surface area (TPSA) is 55.1 Å². The Morgan fingerprint density at radius 2 is 2.00 bits per heavy atom. The molecule has 16 heavy (non-hydrogen) atoms. The Balaban J connectivity index is 2.19. The number of rotatable bonds is 5. The van der Waals surface area contributed by atoms with E-state index in [4.69, 9.17) is 5.73 Å². The van der Waals surface area contributed by atoms with Gasteiger partial charge in [-0.25, -0.2) is 0 Å². The van der Waals surface area contributed by atoms with Crippen LogP contribution in [0.4, 0.5) is 0 Å². The summed E-state index contributed by atoms with van der Waals surface area (Å²) in [5.74, 6) is 1.76. The molecule has 1 aliphatic carbocycles. The lowest BCUT2D eigenvalue weighted by Gasteiger charge is -2.32. The Kier molecular flexibility index (Phi) is 5.81. The normalized spacial score (nSPS) is 30.1. The molecule has 0 aromatic heterocycles. The molecule has 1 saturated carbocycles. The van der Waals surface area contributed by atoms with Gasteiger partial charge in [0.1, 0.15) is 0 Å². The number of amides is 1. The summed E-state index contributed by atoms with van der Waals surface area (Å²) < 4.78 is 0. The fraction of sp³-hybridized carbons (Fsp3) is 0.923. The van der Waals surface area contributed by atoms with Crippen molar-refractivity contribution in [3.8, 4) is 0 Å². The number of carbonyl (C=O) groups is 1. The molecule has 0 radical (unpaired) electrons. The van der Waals surface area contributed by atoms with Crippen molar-refractivity contribution in [1.82, 2.24) is 5.32 Å². The summed E-state index contributed by atoms with van der Waals surface area (Å²) in [6.45, 7) is 5.28. The molecule has 3 unspecified atom stereocenters. The molecule has 0 aromatic carbocycles. The minimum absolute atomic E-state index is 0.209. The van der Waals surface area contributed by atoms with Crippen molar-refractivity contribution in [1.29, 1.82) is 0 Å². The molecule has 1 aliphatic rings. The highest BCUT2D eigenvalue weighted by atomic mass is 16.1. The molecule has 0 saturated heterocycles. The summed E-state index contributed by atoms with van der Waals surface area (Å²) >= 11 is 0. The Morgan fingerprint density at radius 3 is 2.62 bits per heavy atom. The molecule has 3 atom stereocenters. The first kappa shape index (κ1) is 13.5. The number of unbranched alkanes of at least 4 members (excludes halogenated alkanes) is 1. The number of nitrogens with one attached hydrogen (secondary N) is 1. The molecule has 1 amide bonds. The average Bonchev–Trinajstić information content (AvgIpc) is 2.24. The van der Waals surface area contributed by atoms with Crippen LogP contribution in [0.15, 0.2) is 0 Å². The van der Waals surface area contributed by atoms with Crippen molar-refractivity contribution in [2.24, 2.45) is 17.6 Å². The van der Waals surface area contributed by atoms with E-state index in [0.29, 0.717) is 19.0 Å². The monoisotopic (exact) mass is 226 g/mol. The SMILES string of the molecule is CC1CCC(NC(=O)CCCCN)CC1C. The lowest BCUT2D eigenvalue weighted by Crippen LogP contribution is -2.39. The minimum atomic E-state index is 0.209. The second-order valence-corrected chi connectivity index (χ2v) is 5.28. The van der Waals surface area contributed by atoms with Gasteiger partial charge in [-0.2, -0.15) is 0 Å².